The molecule has 1 aromatic heterocycles. The second kappa shape index (κ2) is 5.47. The zero-order valence-corrected chi connectivity index (χ0v) is 11.6. The van der Waals surface area contributed by atoms with E-state index in [2.05, 4.69) is 15.3 Å². The minimum atomic E-state index is -4.47. The summed E-state index contributed by atoms with van der Waals surface area (Å²) in [7, 11) is 0. The molecule has 0 atom stereocenters. The van der Waals surface area contributed by atoms with E-state index in [4.69, 9.17) is 0 Å². The van der Waals surface area contributed by atoms with E-state index < -0.39 is 11.7 Å². The molecule has 116 valence electrons. The maximum absolute atomic E-state index is 13.0. The van der Waals surface area contributed by atoms with Crippen molar-refractivity contribution in [1.82, 2.24) is 9.97 Å². The summed E-state index contributed by atoms with van der Waals surface area (Å²) >= 11 is 0. The second-order valence-corrected chi connectivity index (χ2v) is 5.22. The number of alkyl halides is 3. The Morgan fingerprint density at radius 1 is 1.14 bits per heavy atom. The van der Waals surface area contributed by atoms with E-state index in [0.29, 0.717) is 24.1 Å². The molecule has 1 aliphatic rings. The average Bonchev–Trinajstić information content (AvgIpc) is 2.47. The first-order valence-electron chi connectivity index (χ1n) is 7.00. The molecular formula is C15H14F3N3O. The lowest BCUT2D eigenvalue weighted by Gasteiger charge is -2.17. The third-order valence-electron chi connectivity index (χ3n) is 3.68. The number of benzene rings is 1. The van der Waals surface area contributed by atoms with Gasteiger partial charge in [0.15, 0.2) is 0 Å². The molecule has 1 aliphatic carbocycles. The zero-order valence-electron chi connectivity index (χ0n) is 11.6. The molecule has 0 saturated heterocycles. The van der Waals surface area contributed by atoms with E-state index in [1.807, 2.05) is 0 Å². The highest BCUT2D eigenvalue weighted by atomic mass is 19.4. The number of aromatic amines is 1. The highest BCUT2D eigenvalue weighted by Gasteiger charge is 2.33. The highest BCUT2D eigenvalue weighted by molar-refractivity contribution is 5.59. The van der Waals surface area contributed by atoms with Crippen molar-refractivity contribution in [1.29, 1.82) is 0 Å². The molecule has 3 rings (SSSR count). The molecule has 0 aliphatic heterocycles. The summed E-state index contributed by atoms with van der Waals surface area (Å²) in [6.07, 6.45) is -1.27. The van der Waals surface area contributed by atoms with Gasteiger partial charge >= 0.3 is 6.18 Å². The summed E-state index contributed by atoms with van der Waals surface area (Å²) in [5.74, 6) is 0.0438. The van der Waals surface area contributed by atoms with Crippen molar-refractivity contribution >= 4 is 11.6 Å². The van der Waals surface area contributed by atoms with Crippen LogP contribution in [0.1, 0.15) is 29.7 Å². The van der Waals surface area contributed by atoms with Crippen LogP contribution in [0.25, 0.3) is 0 Å². The van der Waals surface area contributed by atoms with Crippen LogP contribution in [0.2, 0.25) is 0 Å². The predicted molar refractivity (Wildman–Crippen MR) is 76.2 cm³/mol. The smallest absolute Gasteiger partial charge is 0.325 e. The van der Waals surface area contributed by atoms with E-state index in [1.165, 1.54) is 18.2 Å². The minimum Gasteiger partial charge on any atom is -0.325 e. The molecular weight excluding hydrogens is 295 g/mol. The lowest BCUT2D eigenvalue weighted by molar-refractivity contribution is -0.136. The first-order chi connectivity index (χ1) is 10.4. The summed E-state index contributed by atoms with van der Waals surface area (Å²) in [5.41, 5.74) is 0.101. The summed E-state index contributed by atoms with van der Waals surface area (Å²) in [5, 5.41) is 2.58. The molecule has 0 fully saturated rings. The van der Waals surface area contributed by atoms with Gasteiger partial charge < -0.3 is 5.32 Å². The minimum absolute atomic E-state index is 0.0438. The molecule has 4 nitrogen and oxygen atoms in total. The Morgan fingerprint density at radius 3 is 2.64 bits per heavy atom. The number of halogens is 3. The maximum Gasteiger partial charge on any atom is 0.418 e. The molecule has 7 heteroatoms. The second-order valence-electron chi connectivity index (χ2n) is 5.22. The predicted octanol–water partition coefficient (Wildman–Crippen LogP) is 3.41. The molecule has 2 aromatic rings. The number of aromatic nitrogens is 2. The van der Waals surface area contributed by atoms with Crippen LogP contribution >= 0.6 is 0 Å². The van der Waals surface area contributed by atoms with E-state index in [-0.39, 0.29) is 17.2 Å². The van der Waals surface area contributed by atoms with Crippen molar-refractivity contribution in [2.75, 3.05) is 5.32 Å². The standard InChI is InChI=1S/C15H14F3N3O/c16-15(17,18)10-6-2-4-8-12(10)20-14-19-11-7-3-1-5-9(11)13(22)21-14/h2,4,6,8H,1,3,5,7H2,(H2,19,20,21,22). The Morgan fingerprint density at radius 2 is 1.86 bits per heavy atom. The van der Waals surface area contributed by atoms with E-state index in [0.717, 1.165) is 18.9 Å². The lowest BCUT2D eigenvalue weighted by Crippen LogP contribution is -2.22. The van der Waals surface area contributed by atoms with Crippen LogP contribution in [0.4, 0.5) is 24.8 Å². The Balaban J connectivity index is 1.98. The van der Waals surface area contributed by atoms with Crippen molar-refractivity contribution in [3.05, 3.63) is 51.4 Å². The van der Waals surface area contributed by atoms with E-state index in [1.54, 1.807) is 0 Å². The third-order valence-corrected chi connectivity index (χ3v) is 3.68. The van der Waals surface area contributed by atoms with Gasteiger partial charge in [-0.05, 0) is 37.8 Å². The van der Waals surface area contributed by atoms with Gasteiger partial charge in [0.25, 0.3) is 5.56 Å². The molecule has 1 heterocycles. The zero-order chi connectivity index (χ0) is 15.7. The van der Waals surface area contributed by atoms with Crippen LogP contribution in [0.3, 0.4) is 0 Å². The van der Waals surface area contributed by atoms with Crippen molar-refractivity contribution < 1.29 is 13.2 Å². The molecule has 0 amide bonds. The molecule has 0 radical (unpaired) electrons. The summed E-state index contributed by atoms with van der Waals surface area (Å²) in [6.45, 7) is 0. The Kier molecular flexibility index (Phi) is 3.64. The van der Waals surface area contributed by atoms with Gasteiger partial charge in [-0.1, -0.05) is 12.1 Å². The van der Waals surface area contributed by atoms with Gasteiger partial charge in [0.2, 0.25) is 5.95 Å². The van der Waals surface area contributed by atoms with Gasteiger partial charge in [-0.15, -0.1) is 0 Å². The third kappa shape index (κ3) is 2.84. The highest BCUT2D eigenvalue weighted by Crippen LogP contribution is 2.35. The first kappa shape index (κ1) is 14.6. The molecule has 0 saturated carbocycles. The Labute approximate surface area is 124 Å². The van der Waals surface area contributed by atoms with Gasteiger partial charge in [-0.3, -0.25) is 9.78 Å². The van der Waals surface area contributed by atoms with Crippen molar-refractivity contribution in [2.45, 2.75) is 31.9 Å². The summed E-state index contributed by atoms with van der Waals surface area (Å²) in [6, 6.07) is 5.10. The van der Waals surface area contributed by atoms with Crippen molar-refractivity contribution in [3.63, 3.8) is 0 Å². The number of rotatable bonds is 2. The molecule has 2 N–H and O–H groups in total. The number of nitrogens with one attached hydrogen (secondary N) is 2. The van der Waals surface area contributed by atoms with Gasteiger partial charge in [0, 0.05) is 5.56 Å². The van der Waals surface area contributed by atoms with Crippen LogP contribution in [-0.4, -0.2) is 9.97 Å². The van der Waals surface area contributed by atoms with E-state index in [9.17, 15) is 18.0 Å². The van der Waals surface area contributed by atoms with Crippen LogP contribution in [-0.2, 0) is 19.0 Å². The SMILES string of the molecule is O=c1[nH]c(Nc2ccccc2C(F)(F)F)nc2c1CCCC2. The van der Waals surface area contributed by atoms with Crippen molar-refractivity contribution in [3.8, 4) is 0 Å². The number of nitrogens with zero attached hydrogens (tertiary/aromatic N) is 1. The fraction of sp³-hybridized carbons (Fsp3) is 0.333. The van der Waals surface area contributed by atoms with Crippen LogP contribution in [0.15, 0.2) is 29.1 Å². The molecule has 0 unspecified atom stereocenters. The van der Waals surface area contributed by atoms with Crippen LogP contribution < -0.4 is 10.9 Å². The topological polar surface area (TPSA) is 57.8 Å². The summed E-state index contributed by atoms with van der Waals surface area (Å²) < 4.78 is 38.9. The van der Waals surface area contributed by atoms with E-state index >= 15 is 0 Å². The number of hydrogen-bond acceptors (Lipinski definition) is 3. The number of hydrogen-bond donors (Lipinski definition) is 2. The number of aryl methyl sites for hydroxylation is 1. The number of anilines is 2. The van der Waals surface area contributed by atoms with Gasteiger partial charge in [-0.2, -0.15) is 13.2 Å². The normalized spacial score (nSPS) is 14.5. The number of H-pyrrole nitrogens is 1. The average molecular weight is 309 g/mol. The monoisotopic (exact) mass is 309 g/mol. The number of para-hydroxylation sites is 1. The van der Waals surface area contributed by atoms with Gasteiger partial charge in [0.05, 0.1) is 16.9 Å². The fourth-order valence-corrected chi connectivity index (χ4v) is 2.63. The van der Waals surface area contributed by atoms with Crippen molar-refractivity contribution in [2.24, 2.45) is 0 Å². The lowest BCUT2D eigenvalue weighted by atomic mass is 9.97. The maximum atomic E-state index is 13.0. The van der Waals surface area contributed by atoms with Crippen LogP contribution in [0.5, 0.6) is 0 Å². The van der Waals surface area contributed by atoms with Gasteiger partial charge in [0.1, 0.15) is 0 Å². The summed E-state index contributed by atoms with van der Waals surface area (Å²) in [4.78, 5) is 18.8. The quantitative estimate of drug-likeness (QED) is 0.894. The molecule has 1 aromatic carbocycles. The molecule has 0 bridgehead atoms. The van der Waals surface area contributed by atoms with Crippen LogP contribution in [0, 0.1) is 0 Å². The Hall–Kier alpha value is -2.31. The molecule has 0 spiro atoms. The largest absolute Gasteiger partial charge is 0.418 e. The van der Waals surface area contributed by atoms with Gasteiger partial charge in [-0.25, -0.2) is 4.98 Å². The fourth-order valence-electron chi connectivity index (χ4n) is 2.63. The Bertz CT molecular complexity index is 752. The number of fused-ring (bicyclic) bond motifs is 1. The first-order valence-corrected chi connectivity index (χ1v) is 7.00. The molecule has 22 heavy (non-hydrogen) atoms.